The second-order valence-corrected chi connectivity index (χ2v) is 5.24. The van der Waals surface area contributed by atoms with E-state index in [-0.39, 0.29) is 6.10 Å². The zero-order chi connectivity index (χ0) is 11.5. The summed E-state index contributed by atoms with van der Waals surface area (Å²) in [7, 11) is 0. The van der Waals surface area contributed by atoms with E-state index in [9.17, 15) is 0 Å². The van der Waals surface area contributed by atoms with Crippen LogP contribution in [0.5, 0.6) is 0 Å². The molecule has 1 saturated heterocycles. The number of halogens is 3. The number of aromatic nitrogens is 2. The standard InChI is InChI=1S/C10H11BrCl2N2O/c11-8-9(12)14-7(15-10(8)13)5-6-3-1-2-4-16-6/h6H,1-5H2. The molecule has 1 unspecified atom stereocenters. The molecule has 1 aliphatic heterocycles. The van der Waals surface area contributed by atoms with E-state index < -0.39 is 0 Å². The summed E-state index contributed by atoms with van der Waals surface area (Å²) < 4.78 is 6.16. The second-order valence-electron chi connectivity index (χ2n) is 3.73. The minimum absolute atomic E-state index is 0.196. The highest BCUT2D eigenvalue weighted by Gasteiger charge is 2.17. The summed E-state index contributed by atoms with van der Waals surface area (Å²) in [5.74, 6) is 0.644. The van der Waals surface area contributed by atoms with Crippen LogP contribution >= 0.6 is 39.1 Å². The molecule has 2 rings (SSSR count). The summed E-state index contributed by atoms with van der Waals surface area (Å²) >= 11 is 15.0. The number of rotatable bonds is 2. The molecular weight excluding hydrogens is 315 g/mol. The quantitative estimate of drug-likeness (QED) is 0.778. The third kappa shape index (κ3) is 3.06. The minimum Gasteiger partial charge on any atom is -0.378 e. The van der Waals surface area contributed by atoms with Crippen LogP contribution in [0.1, 0.15) is 25.1 Å². The van der Waals surface area contributed by atoms with Crippen LogP contribution in [-0.4, -0.2) is 22.7 Å². The normalized spacial score (nSPS) is 21.1. The van der Waals surface area contributed by atoms with Crippen molar-refractivity contribution in [1.29, 1.82) is 0 Å². The van der Waals surface area contributed by atoms with Gasteiger partial charge in [-0.1, -0.05) is 23.2 Å². The van der Waals surface area contributed by atoms with E-state index in [4.69, 9.17) is 27.9 Å². The lowest BCUT2D eigenvalue weighted by Gasteiger charge is -2.21. The molecule has 0 bridgehead atoms. The highest BCUT2D eigenvalue weighted by molar-refractivity contribution is 9.10. The smallest absolute Gasteiger partial charge is 0.148 e. The Morgan fingerprint density at radius 2 is 1.94 bits per heavy atom. The van der Waals surface area contributed by atoms with Gasteiger partial charge in [0.05, 0.1) is 10.6 Å². The molecule has 3 nitrogen and oxygen atoms in total. The van der Waals surface area contributed by atoms with Crippen molar-refractivity contribution in [2.45, 2.75) is 31.8 Å². The Balaban J connectivity index is 2.09. The van der Waals surface area contributed by atoms with E-state index in [0.29, 0.717) is 27.0 Å². The van der Waals surface area contributed by atoms with E-state index in [1.54, 1.807) is 0 Å². The van der Waals surface area contributed by atoms with Gasteiger partial charge < -0.3 is 4.74 Å². The van der Waals surface area contributed by atoms with Gasteiger partial charge in [0.15, 0.2) is 0 Å². The van der Waals surface area contributed by atoms with Crippen molar-refractivity contribution >= 4 is 39.1 Å². The van der Waals surface area contributed by atoms with Crippen LogP contribution in [-0.2, 0) is 11.2 Å². The van der Waals surface area contributed by atoms with Crippen LogP contribution in [0.4, 0.5) is 0 Å². The van der Waals surface area contributed by atoms with Crippen LogP contribution in [0.3, 0.4) is 0 Å². The summed E-state index contributed by atoms with van der Waals surface area (Å²) in [6.07, 6.45) is 4.26. The molecule has 1 aliphatic rings. The van der Waals surface area contributed by atoms with Gasteiger partial charge in [0.25, 0.3) is 0 Å². The number of nitrogens with zero attached hydrogens (tertiary/aromatic N) is 2. The zero-order valence-electron chi connectivity index (χ0n) is 8.55. The van der Waals surface area contributed by atoms with Crippen LogP contribution < -0.4 is 0 Å². The molecule has 0 aliphatic carbocycles. The molecule has 0 spiro atoms. The van der Waals surface area contributed by atoms with Crippen molar-refractivity contribution in [2.24, 2.45) is 0 Å². The Kier molecular flexibility index (Phi) is 4.41. The molecule has 2 heterocycles. The highest BCUT2D eigenvalue weighted by Crippen LogP contribution is 2.27. The molecule has 0 amide bonds. The number of ether oxygens (including phenoxy) is 1. The zero-order valence-corrected chi connectivity index (χ0v) is 11.6. The molecule has 0 N–H and O–H groups in total. The summed E-state index contributed by atoms with van der Waals surface area (Å²) in [5.41, 5.74) is 0. The summed E-state index contributed by atoms with van der Waals surface area (Å²) in [5, 5.41) is 0.705. The third-order valence-electron chi connectivity index (χ3n) is 2.50. The van der Waals surface area contributed by atoms with E-state index in [1.807, 2.05) is 0 Å². The lowest BCUT2D eigenvalue weighted by atomic mass is 10.1. The van der Waals surface area contributed by atoms with Crippen LogP contribution in [0, 0.1) is 0 Å². The molecule has 6 heteroatoms. The predicted molar refractivity (Wildman–Crippen MR) is 67.0 cm³/mol. The van der Waals surface area contributed by atoms with Gasteiger partial charge in [-0.2, -0.15) is 0 Å². The van der Waals surface area contributed by atoms with E-state index in [1.165, 1.54) is 6.42 Å². The van der Waals surface area contributed by atoms with Crippen LogP contribution in [0.2, 0.25) is 10.3 Å². The fraction of sp³-hybridized carbons (Fsp3) is 0.600. The van der Waals surface area contributed by atoms with Gasteiger partial charge >= 0.3 is 0 Å². The predicted octanol–water partition coefficient (Wildman–Crippen LogP) is 3.66. The second kappa shape index (κ2) is 5.63. The topological polar surface area (TPSA) is 35.0 Å². The van der Waals surface area contributed by atoms with E-state index >= 15 is 0 Å². The van der Waals surface area contributed by atoms with Gasteiger partial charge in [0.2, 0.25) is 0 Å². The summed E-state index contributed by atoms with van der Waals surface area (Å²) in [6, 6.07) is 0. The van der Waals surface area contributed by atoms with Crippen molar-refractivity contribution in [3.05, 3.63) is 20.6 Å². The Bertz CT molecular complexity index is 360. The third-order valence-corrected chi connectivity index (χ3v) is 4.26. The SMILES string of the molecule is Clc1nc(CC2CCCCO2)nc(Cl)c1Br. The average molecular weight is 326 g/mol. The van der Waals surface area contributed by atoms with Gasteiger partial charge in [0, 0.05) is 13.0 Å². The van der Waals surface area contributed by atoms with Crippen molar-refractivity contribution in [3.63, 3.8) is 0 Å². The molecule has 0 radical (unpaired) electrons. The highest BCUT2D eigenvalue weighted by atomic mass is 79.9. The fourth-order valence-electron chi connectivity index (χ4n) is 1.70. The molecule has 0 saturated carbocycles. The first kappa shape index (κ1) is 12.6. The maximum absolute atomic E-state index is 5.91. The minimum atomic E-state index is 0.196. The lowest BCUT2D eigenvalue weighted by Crippen LogP contribution is -2.22. The maximum atomic E-state index is 5.91. The first-order valence-electron chi connectivity index (χ1n) is 5.16. The van der Waals surface area contributed by atoms with Gasteiger partial charge in [0.1, 0.15) is 16.1 Å². The van der Waals surface area contributed by atoms with Gasteiger partial charge in [-0.3, -0.25) is 0 Å². The van der Waals surface area contributed by atoms with Crippen molar-refractivity contribution < 1.29 is 4.74 Å². The van der Waals surface area contributed by atoms with Crippen LogP contribution in [0.15, 0.2) is 4.47 Å². The molecule has 1 aromatic rings. The van der Waals surface area contributed by atoms with Crippen LogP contribution in [0.25, 0.3) is 0 Å². The van der Waals surface area contributed by atoms with Crippen molar-refractivity contribution in [3.8, 4) is 0 Å². The number of hydrogen-bond donors (Lipinski definition) is 0. The van der Waals surface area contributed by atoms with Crippen molar-refractivity contribution in [2.75, 3.05) is 6.61 Å². The number of hydrogen-bond acceptors (Lipinski definition) is 3. The molecule has 16 heavy (non-hydrogen) atoms. The first-order valence-corrected chi connectivity index (χ1v) is 6.70. The van der Waals surface area contributed by atoms with E-state index in [0.717, 1.165) is 19.4 Å². The largest absolute Gasteiger partial charge is 0.378 e. The van der Waals surface area contributed by atoms with Gasteiger partial charge in [-0.25, -0.2) is 9.97 Å². The molecular formula is C10H11BrCl2N2O. The monoisotopic (exact) mass is 324 g/mol. The Hall–Kier alpha value is 0.1000. The summed E-state index contributed by atoms with van der Waals surface area (Å²) in [6.45, 7) is 0.822. The summed E-state index contributed by atoms with van der Waals surface area (Å²) in [4.78, 5) is 8.34. The first-order chi connectivity index (χ1) is 7.66. The molecule has 1 atom stereocenters. The Labute approximate surface area is 113 Å². The lowest BCUT2D eigenvalue weighted by molar-refractivity contribution is 0.0156. The fourth-order valence-corrected chi connectivity index (χ4v) is 2.30. The molecule has 1 aromatic heterocycles. The van der Waals surface area contributed by atoms with Crippen molar-refractivity contribution in [1.82, 2.24) is 9.97 Å². The Morgan fingerprint density at radius 3 is 2.50 bits per heavy atom. The molecule has 1 fully saturated rings. The van der Waals surface area contributed by atoms with Gasteiger partial charge in [-0.15, -0.1) is 0 Å². The molecule has 0 aromatic carbocycles. The van der Waals surface area contributed by atoms with E-state index in [2.05, 4.69) is 25.9 Å². The van der Waals surface area contributed by atoms with Gasteiger partial charge in [-0.05, 0) is 35.2 Å². The Morgan fingerprint density at radius 1 is 1.25 bits per heavy atom. The molecule has 88 valence electrons. The average Bonchev–Trinajstić information content (AvgIpc) is 2.27. The maximum Gasteiger partial charge on any atom is 0.148 e.